The molecule has 0 amide bonds. The number of benzene rings is 1. The molecule has 0 atom stereocenters. The Morgan fingerprint density at radius 1 is 1.18 bits per heavy atom. The first-order valence-corrected chi connectivity index (χ1v) is 3.53. The van der Waals surface area contributed by atoms with Gasteiger partial charge in [0.1, 0.15) is 0 Å². The van der Waals surface area contributed by atoms with Gasteiger partial charge in [-0.15, -0.1) is 19.1 Å². The van der Waals surface area contributed by atoms with E-state index in [1.165, 1.54) is 0 Å². The number of terminal acetylenes is 1. The van der Waals surface area contributed by atoms with E-state index >= 15 is 0 Å². The highest BCUT2D eigenvalue weighted by Crippen LogP contribution is 2.05. The summed E-state index contributed by atoms with van der Waals surface area (Å²) in [5.41, 5.74) is 0.917. The van der Waals surface area contributed by atoms with Gasteiger partial charge in [0.25, 0.3) is 0 Å². The molecule has 0 N–H and O–H groups in total. The summed E-state index contributed by atoms with van der Waals surface area (Å²) in [7, 11) is 0. The molecule has 0 unspecified atom stereocenters. The molecule has 0 bridgehead atoms. The highest BCUT2D eigenvalue weighted by Gasteiger charge is 1.84. The highest BCUT2D eigenvalue weighted by molar-refractivity contribution is 7.80. The van der Waals surface area contributed by atoms with Crippen LogP contribution in [0.5, 0.6) is 0 Å². The molecule has 0 saturated carbocycles. The smallest absolute Gasteiger partial charge is 0.0256 e. The van der Waals surface area contributed by atoms with Crippen molar-refractivity contribution in [1.82, 2.24) is 0 Å². The number of rotatable bonds is 0. The van der Waals surface area contributed by atoms with Gasteiger partial charge in [-0.3, -0.25) is 0 Å². The molecule has 0 aliphatic rings. The lowest BCUT2D eigenvalue weighted by Gasteiger charge is -1.89. The van der Waals surface area contributed by atoms with Crippen molar-refractivity contribution in [3.8, 4) is 24.2 Å². The predicted octanol–water partition coefficient (Wildman–Crippen LogP) is 1.96. The quantitative estimate of drug-likeness (QED) is 0.433. The molecule has 0 spiro atoms. The molecule has 0 nitrogen and oxygen atoms in total. The third-order valence-corrected chi connectivity index (χ3v) is 1.44. The van der Waals surface area contributed by atoms with Crippen molar-refractivity contribution < 1.29 is 0 Å². The molecule has 1 aromatic carbocycles. The Morgan fingerprint density at radius 2 is 1.82 bits per heavy atom. The molecule has 0 heterocycles. The minimum atomic E-state index is 0.917. The Labute approximate surface area is 72.0 Å². The van der Waals surface area contributed by atoms with Gasteiger partial charge in [0, 0.05) is 10.5 Å². The molecule has 1 heteroatoms. The Balaban J connectivity index is 2.93. The maximum atomic E-state index is 4.97. The second kappa shape index (κ2) is 3.76. The van der Waals surface area contributed by atoms with E-state index in [1.54, 1.807) is 0 Å². The molecular formula is C10H6S. The average Bonchev–Trinajstić information content (AvgIpc) is 2.04. The first kappa shape index (κ1) is 7.79. The summed E-state index contributed by atoms with van der Waals surface area (Å²) in [5, 5.41) is 0. The van der Waals surface area contributed by atoms with Gasteiger partial charge in [0.15, 0.2) is 0 Å². The third kappa shape index (κ3) is 2.42. The van der Waals surface area contributed by atoms with Crippen molar-refractivity contribution in [3.63, 3.8) is 0 Å². The average molecular weight is 158 g/mol. The first-order valence-electron chi connectivity index (χ1n) is 3.08. The van der Waals surface area contributed by atoms with Crippen LogP contribution in [-0.2, 0) is 0 Å². The summed E-state index contributed by atoms with van der Waals surface area (Å²) in [6.45, 7) is 0. The van der Waals surface area contributed by atoms with Crippen molar-refractivity contribution in [2.75, 3.05) is 0 Å². The van der Waals surface area contributed by atoms with Gasteiger partial charge in [-0.25, -0.2) is 0 Å². The number of thiol groups is 1. The molecule has 0 fully saturated rings. The molecule has 0 saturated heterocycles. The normalized spacial score (nSPS) is 7.64. The van der Waals surface area contributed by atoms with Crippen LogP contribution in [0.4, 0.5) is 0 Å². The van der Waals surface area contributed by atoms with Crippen molar-refractivity contribution >= 4 is 12.6 Å². The predicted molar refractivity (Wildman–Crippen MR) is 49.4 cm³/mol. The van der Waals surface area contributed by atoms with Crippen LogP contribution in [0.1, 0.15) is 5.56 Å². The van der Waals surface area contributed by atoms with Crippen molar-refractivity contribution in [2.24, 2.45) is 0 Å². The lowest BCUT2D eigenvalue weighted by molar-refractivity contribution is 1.46. The molecule has 0 aromatic heterocycles. The van der Waals surface area contributed by atoms with E-state index in [0.717, 1.165) is 10.5 Å². The monoisotopic (exact) mass is 158 g/mol. The maximum absolute atomic E-state index is 4.97. The largest absolute Gasteiger partial charge is 0.143 e. The van der Waals surface area contributed by atoms with E-state index < -0.39 is 0 Å². The van der Waals surface area contributed by atoms with E-state index in [4.69, 9.17) is 6.42 Å². The molecule has 0 aliphatic heterocycles. The number of hydrogen-bond donors (Lipinski definition) is 1. The van der Waals surface area contributed by atoms with E-state index in [0.29, 0.717) is 0 Å². The highest BCUT2D eigenvalue weighted by atomic mass is 32.1. The van der Waals surface area contributed by atoms with Gasteiger partial charge in [-0.05, 0) is 36.1 Å². The summed E-state index contributed by atoms with van der Waals surface area (Å²) in [4.78, 5) is 0.927. The molecular weight excluding hydrogens is 152 g/mol. The van der Waals surface area contributed by atoms with E-state index in [-0.39, 0.29) is 0 Å². The van der Waals surface area contributed by atoms with Gasteiger partial charge in [-0.1, -0.05) is 5.92 Å². The fourth-order valence-electron chi connectivity index (χ4n) is 0.653. The summed E-state index contributed by atoms with van der Waals surface area (Å²) < 4.78 is 0. The summed E-state index contributed by atoms with van der Waals surface area (Å²) >= 11 is 4.13. The summed E-state index contributed by atoms with van der Waals surface area (Å²) in [6, 6.07) is 7.52. The van der Waals surface area contributed by atoms with Crippen LogP contribution in [0.15, 0.2) is 29.2 Å². The zero-order chi connectivity index (χ0) is 8.10. The van der Waals surface area contributed by atoms with Gasteiger partial charge in [-0.2, -0.15) is 0 Å². The van der Waals surface area contributed by atoms with Gasteiger partial charge < -0.3 is 0 Å². The van der Waals surface area contributed by atoms with E-state index in [9.17, 15) is 0 Å². The SMILES string of the molecule is C#CC#Cc1ccc(S)cc1. The summed E-state index contributed by atoms with van der Waals surface area (Å²) in [5.74, 6) is 7.59. The van der Waals surface area contributed by atoms with Crippen LogP contribution in [-0.4, -0.2) is 0 Å². The van der Waals surface area contributed by atoms with Crippen molar-refractivity contribution in [1.29, 1.82) is 0 Å². The Kier molecular flexibility index (Phi) is 2.66. The minimum absolute atomic E-state index is 0.917. The molecule has 1 aromatic rings. The second-order valence-corrected chi connectivity index (χ2v) is 2.46. The zero-order valence-corrected chi connectivity index (χ0v) is 6.73. The van der Waals surface area contributed by atoms with E-state index in [2.05, 4.69) is 30.4 Å². The van der Waals surface area contributed by atoms with Gasteiger partial charge in [0.2, 0.25) is 0 Å². The van der Waals surface area contributed by atoms with Crippen LogP contribution in [0.3, 0.4) is 0 Å². The van der Waals surface area contributed by atoms with Crippen LogP contribution >= 0.6 is 12.6 Å². The topological polar surface area (TPSA) is 0 Å². The summed E-state index contributed by atoms with van der Waals surface area (Å²) in [6.07, 6.45) is 4.97. The Morgan fingerprint density at radius 3 is 2.36 bits per heavy atom. The lowest BCUT2D eigenvalue weighted by Crippen LogP contribution is -1.71. The maximum Gasteiger partial charge on any atom is 0.0256 e. The Bertz CT molecular complexity index is 330. The molecule has 0 radical (unpaired) electrons. The van der Waals surface area contributed by atoms with Crippen LogP contribution in [0, 0.1) is 24.2 Å². The standard InChI is InChI=1S/C10H6S/c1-2-3-4-9-5-7-10(11)8-6-9/h1,5-8,11H. The van der Waals surface area contributed by atoms with Crippen molar-refractivity contribution in [2.45, 2.75) is 4.90 Å². The van der Waals surface area contributed by atoms with Crippen LogP contribution in [0.25, 0.3) is 0 Å². The van der Waals surface area contributed by atoms with Gasteiger partial charge in [0.05, 0.1) is 0 Å². The number of hydrogen-bond acceptors (Lipinski definition) is 1. The minimum Gasteiger partial charge on any atom is -0.143 e. The molecule has 52 valence electrons. The lowest BCUT2D eigenvalue weighted by atomic mass is 10.2. The Hall–Kier alpha value is -1.31. The van der Waals surface area contributed by atoms with Crippen molar-refractivity contribution in [3.05, 3.63) is 29.8 Å². The fourth-order valence-corrected chi connectivity index (χ4v) is 0.802. The van der Waals surface area contributed by atoms with Gasteiger partial charge >= 0.3 is 0 Å². The second-order valence-electron chi connectivity index (χ2n) is 1.94. The molecule has 0 aliphatic carbocycles. The van der Waals surface area contributed by atoms with Crippen LogP contribution in [0.2, 0.25) is 0 Å². The molecule has 11 heavy (non-hydrogen) atoms. The first-order chi connectivity index (χ1) is 5.33. The zero-order valence-electron chi connectivity index (χ0n) is 5.83. The molecule has 1 rings (SSSR count). The fraction of sp³-hybridized carbons (Fsp3) is 0. The van der Waals surface area contributed by atoms with E-state index in [1.807, 2.05) is 24.3 Å². The third-order valence-electron chi connectivity index (χ3n) is 1.15. The van der Waals surface area contributed by atoms with Crippen LogP contribution < -0.4 is 0 Å².